The minimum absolute atomic E-state index is 0.199. The van der Waals surface area contributed by atoms with E-state index in [4.69, 9.17) is 0 Å². The van der Waals surface area contributed by atoms with Crippen LogP contribution in [0.2, 0.25) is 0 Å². The van der Waals surface area contributed by atoms with Gasteiger partial charge in [0.25, 0.3) is 5.91 Å². The summed E-state index contributed by atoms with van der Waals surface area (Å²) in [5.41, 5.74) is 3.02. The van der Waals surface area contributed by atoms with E-state index in [0.29, 0.717) is 12.2 Å². The van der Waals surface area contributed by atoms with Crippen molar-refractivity contribution in [3.63, 3.8) is 0 Å². The first kappa shape index (κ1) is 14.6. The molecule has 0 saturated heterocycles. The van der Waals surface area contributed by atoms with E-state index in [1.54, 1.807) is 6.20 Å². The summed E-state index contributed by atoms with van der Waals surface area (Å²) in [5.74, 6) is -0.199. The summed E-state index contributed by atoms with van der Waals surface area (Å²) in [6.07, 6.45) is 3.65. The molecule has 0 aliphatic carbocycles. The topological polar surface area (TPSA) is 59.3 Å². The van der Waals surface area contributed by atoms with Gasteiger partial charge in [-0.25, -0.2) is 4.98 Å². The number of pyridine rings is 1. The van der Waals surface area contributed by atoms with Gasteiger partial charge in [0.2, 0.25) is 0 Å². The molecule has 0 spiro atoms. The number of aromatic nitrogens is 3. The number of amides is 1. The van der Waals surface area contributed by atoms with Crippen molar-refractivity contribution >= 4 is 22.2 Å². The standard InChI is InChI=1S/C18H14N4OS/c23-17(20-12-14-8-4-5-9-19-14)15-16(13-6-2-1-3-7-13)22-10-11-24-18(22)21-15/h1-11H,12H2,(H,20,23). The molecule has 0 aliphatic rings. The number of thiazole rings is 1. The lowest BCUT2D eigenvalue weighted by molar-refractivity contribution is 0.0947. The normalized spacial score (nSPS) is 10.8. The van der Waals surface area contributed by atoms with Crippen molar-refractivity contribution in [1.29, 1.82) is 0 Å². The zero-order valence-electron chi connectivity index (χ0n) is 12.7. The van der Waals surface area contributed by atoms with Crippen LogP contribution in [0.15, 0.2) is 66.3 Å². The number of imidazole rings is 1. The van der Waals surface area contributed by atoms with Crippen molar-refractivity contribution in [2.45, 2.75) is 6.54 Å². The fourth-order valence-electron chi connectivity index (χ4n) is 2.57. The average Bonchev–Trinajstić information content (AvgIpc) is 3.22. The van der Waals surface area contributed by atoms with E-state index in [9.17, 15) is 4.79 Å². The second kappa shape index (κ2) is 6.25. The number of hydrogen-bond donors (Lipinski definition) is 1. The van der Waals surface area contributed by atoms with Crippen molar-refractivity contribution in [3.8, 4) is 11.3 Å². The number of benzene rings is 1. The third-order valence-electron chi connectivity index (χ3n) is 3.68. The summed E-state index contributed by atoms with van der Waals surface area (Å²) in [7, 11) is 0. The third-order valence-corrected chi connectivity index (χ3v) is 4.44. The summed E-state index contributed by atoms with van der Waals surface area (Å²) in [4.78, 5) is 22.2. The molecule has 3 aromatic heterocycles. The second-order valence-corrected chi connectivity index (χ2v) is 6.11. The van der Waals surface area contributed by atoms with E-state index < -0.39 is 0 Å². The van der Waals surface area contributed by atoms with Crippen LogP contribution in [0, 0.1) is 0 Å². The Hall–Kier alpha value is -2.99. The highest BCUT2D eigenvalue weighted by Gasteiger charge is 2.20. The number of nitrogens with zero attached hydrogens (tertiary/aromatic N) is 3. The molecule has 0 radical (unpaired) electrons. The summed E-state index contributed by atoms with van der Waals surface area (Å²) < 4.78 is 1.95. The Morgan fingerprint density at radius 2 is 1.96 bits per heavy atom. The molecule has 1 N–H and O–H groups in total. The van der Waals surface area contributed by atoms with Crippen molar-refractivity contribution in [1.82, 2.24) is 19.7 Å². The molecule has 0 aliphatic heterocycles. The number of rotatable bonds is 4. The van der Waals surface area contributed by atoms with Crippen molar-refractivity contribution < 1.29 is 4.79 Å². The Morgan fingerprint density at radius 3 is 2.75 bits per heavy atom. The van der Waals surface area contributed by atoms with Gasteiger partial charge in [-0.3, -0.25) is 14.2 Å². The quantitative estimate of drug-likeness (QED) is 0.622. The van der Waals surface area contributed by atoms with Crippen LogP contribution in [0.5, 0.6) is 0 Å². The Bertz CT molecular complexity index is 976. The Labute approximate surface area is 142 Å². The predicted molar refractivity (Wildman–Crippen MR) is 93.9 cm³/mol. The number of carbonyl (C=O) groups is 1. The van der Waals surface area contributed by atoms with E-state index in [2.05, 4.69) is 15.3 Å². The maximum atomic E-state index is 12.7. The van der Waals surface area contributed by atoms with Gasteiger partial charge in [0.05, 0.1) is 17.9 Å². The molecule has 0 atom stereocenters. The fraction of sp³-hybridized carbons (Fsp3) is 0.0556. The molecule has 118 valence electrons. The van der Waals surface area contributed by atoms with Gasteiger partial charge in [0.1, 0.15) is 0 Å². The summed E-state index contributed by atoms with van der Waals surface area (Å²) in [6, 6.07) is 15.5. The smallest absolute Gasteiger partial charge is 0.272 e. The highest BCUT2D eigenvalue weighted by atomic mass is 32.1. The molecule has 0 bridgehead atoms. The zero-order chi connectivity index (χ0) is 16.4. The maximum absolute atomic E-state index is 12.7. The first-order valence-electron chi connectivity index (χ1n) is 7.52. The lowest BCUT2D eigenvalue weighted by atomic mass is 10.1. The maximum Gasteiger partial charge on any atom is 0.272 e. The minimum atomic E-state index is -0.199. The molecule has 4 rings (SSSR count). The lowest BCUT2D eigenvalue weighted by Gasteiger charge is -2.06. The number of fused-ring (bicyclic) bond motifs is 1. The van der Waals surface area contributed by atoms with Gasteiger partial charge >= 0.3 is 0 Å². The van der Waals surface area contributed by atoms with Crippen molar-refractivity contribution in [3.05, 3.63) is 77.7 Å². The molecule has 0 unspecified atom stereocenters. The van der Waals surface area contributed by atoms with Gasteiger partial charge in [-0.1, -0.05) is 36.4 Å². The van der Waals surface area contributed by atoms with E-state index in [1.165, 1.54) is 11.3 Å². The lowest BCUT2D eigenvalue weighted by Crippen LogP contribution is -2.24. The average molecular weight is 334 g/mol. The Kier molecular flexibility index (Phi) is 3.80. The highest BCUT2D eigenvalue weighted by molar-refractivity contribution is 7.15. The van der Waals surface area contributed by atoms with E-state index in [1.807, 2.05) is 64.5 Å². The fourth-order valence-corrected chi connectivity index (χ4v) is 3.29. The van der Waals surface area contributed by atoms with Crippen LogP contribution in [0.25, 0.3) is 16.2 Å². The summed E-state index contributed by atoms with van der Waals surface area (Å²) >= 11 is 1.51. The zero-order valence-corrected chi connectivity index (χ0v) is 13.5. The molecular formula is C18H14N4OS. The van der Waals surface area contributed by atoms with Gasteiger partial charge in [-0.15, -0.1) is 11.3 Å². The Balaban J connectivity index is 1.68. The minimum Gasteiger partial charge on any atom is -0.345 e. The number of nitrogens with one attached hydrogen (secondary N) is 1. The molecule has 1 aromatic carbocycles. The molecule has 3 heterocycles. The van der Waals surface area contributed by atoms with Crippen LogP contribution in [0.4, 0.5) is 0 Å². The largest absolute Gasteiger partial charge is 0.345 e. The third kappa shape index (κ3) is 2.68. The van der Waals surface area contributed by atoms with E-state index >= 15 is 0 Å². The molecule has 5 nitrogen and oxygen atoms in total. The van der Waals surface area contributed by atoms with Gasteiger partial charge in [-0.2, -0.15) is 0 Å². The first-order valence-corrected chi connectivity index (χ1v) is 8.40. The van der Waals surface area contributed by atoms with Crippen LogP contribution in [-0.4, -0.2) is 20.3 Å². The Morgan fingerprint density at radius 1 is 1.12 bits per heavy atom. The van der Waals surface area contributed by atoms with Gasteiger partial charge in [-0.05, 0) is 12.1 Å². The SMILES string of the molecule is O=C(NCc1ccccn1)c1nc2sccn2c1-c1ccccc1. The monoisotopic (exact) mass is 334 g/mol. The van der Waals surface area contributed by atoms with Crippen LogP contribution in [-0.2, 0) is 6.54 Å². The highest BCUT2D eigenvalue weighted by Crippen LogP contribution is 2.27. The van der Waals surface area contributed by atoms with Crippen LogP contribution < -0.4 is 5.32 Å². The number of carbonyl (C=O) groups excluding carboxylic acids is 1. The van der Waals surface area contributed by atoms with Crippen molar-refractivity contribution in [2.24, 2.45) is 0 Å². The second-order valence-electron chi connectivity index (χ2n) is 5.23. The first-order chi connectivity index (χ1) is 11.8. The van der Waals surface area contributed by atoms with E-state index in [0.717, 1.165) is 21.9 Å². The van der Waals surface area contributed by atoms with Crippen LogP contribution in [0.3, 0.4) is 0 Å². The predicted octanol–water partition coefficient (Wildman–Crippen LogP) is 3.39. The van der Waals surface area contributed by atoms with Crippen molar-refractivity contribution in [2.75, 3.05) is 0 Å². The molecule has 6 heteroatoms. The van der Waals surface area contributed by atoms with Gasteiger partial charge < -0.3 is 5.32 Å². The summed E-state index contributed by atoms with van der Waals surface area (Å²) in [5, 5.41) is 4.87. The molecule has 1 amide bonds. The van der Waals surface area contributed by atoms with Gasteiger partial charge in [0.15, 0.2) is 10.7 Å². The molecular weight excluding hydrogens is 320 g/mol. The van der Waals surface area contributed by atoms with Crippen LogP contribution >= 0.6 is 11.3 Å². The molecule has 24 heavy (non-hydrogen) atoms. The van der Waals surface area contributed by atoms with E-state index in [-0.39, 0.29) is 5.91 Å². The van der Waals surface area contributed by atoms with Gasteiger partial charge in [0, 0.05) is 23.3 Å². The number of hydrogen-bond acceptors (Lipinski definition) is 4. The molecule has 0 saturated carbocycles. The van der Waals surface area contributed by atoms with Crippen LogP contribution in [0.1, 0.15) is 16.2 Å². The molecule has 0 fully saturated rings. The molecule has 4 aromatic rings. The summed E-state index contributed by atoms with van der Waals surface area (Å²) in [6.45, 7) is 0.374.